The van der Waals surface area contributed by atoms with E-state index < -0.39 is 0 Å². The lowest BCUT2D eigenvalue weighted by Crippen LogP contribution is -2.17. The van der Waals surface area contributed by atoms with E-state index in [1.165, 1.54) is 89.0 Å². The lowest BCUT2D eigenvalue weighted by atomic mass is 10.0. The van der Waals surface area contributed by atoms with E-state index in [0.29, 0.717) is 11.5 Å². The van der Waals surface area contributed by atoms with Gasteiger partial charge in [-0.05, 0) is 42.7 Å². The Kier molecular flexibility index (Phi) is 14.0. The van der Waals surface area contributed by atoms with Crippen LogP contribution in [-0.4, -0.2) is 12.6 Å². The van der Waals surface area contributed by atoms with Gasteiger partial charge in [-0.15, -0.1) is 0 Å². The van der Waals surface area contributed by atoms with Crippen molar-refractivity contribution in [2.75, 3.05) is 6.61 Å². The Labute approximate surface area is 195 Å². The summed E-state index contributed by atoms with van der Waals surface area (Å²) in [6.07, 6.45) is 18.8. The van der Waals surface area contributed by atoms with Gasteiger partial charge in [-0.3, -0.25) is 0 Å². The molecule has 0 heterocycles. The van der Waals surface area contributed by atoms with Crippen molar-refractivity contribution in [3.63, 3.8) is 0 Å². The first-order chi connectivity index (χ1) is 15.8. The first-order valence-electron chi connectivity index (χ1n) is 12.8. The van der Waals surface area contributed by atoms with E-state index in [2.05, 4.69) is 13.0 Å². The molecule has 32 heavy (non-hydrogen) atoms. The van der Waals surface area contributed by atoms with Gasteiger partial charge in [0.15, 0.2) is 6.61 Å². The number of benzene rings is 2. The Bertz CT molecular complexity index is 726. The van der Waals surface area contributed by atoms with Gasteiger partial charge in [0.2, 0.25) is 0 Å². The molecule has 0 unspecified atom stereocenters. The Hall–Kier alpha value is -2.29. The number of hydrogen-bond acceptors (Lipinski definition) is 3. The molecule has 2 aromatic carbocycles. The van der Waals surface area contributed by atoms with Crippen molar-refractivity contribution in [1.29, 1.82) is 0 Å². The number of esters is 1. The molecule has 176 valence electrons. The van der Waals surface area contributed by atoms with Gasteiger partial charge in [-0.2, -0.15) is 0 Å². The van der Waals surface area contributed by atoms with Crippen molar-refractivity contribution in [1.82, 2.24) is 0 Å². The van der Waals surface area contributed by atoms with Crippen LogP contribution in [0, 0.1) is 0 Å². The lowest BCUT2D eigenvalue weighted by Gasteiger charge is -2.08. The van der Waals surface area contributed by atoms with Crippen molar-refractivity contribution in [3.8, 4) is 11.5 Å². The van der Waals surface area contributed by atoms with Gasteiger partial charge in [0.05, 0.1) is 0 Å². The summed E-state index contributed by atoms with van der Waals surface area (Å²) in [7, 11) is 0. The molecule has 0 aliphatic carbocycles. The van der Waals surface area contributed by atoms with Crippen LogP contribution >= 0.6 is 0 Å². The van der Waals surface area contributed by atoms with Crippen molar-refractivity contribution >= 4 is 5.97 Å². The first kappa shape index (κ1) is 26.0. The molecule has 0 fully saturated rings. The number of para-hydroxylation sites is 1. The zero-order valence-corrected chi connectivity index (χ0v) is 20.0. The molecule has 0 saturated heterocycles. The third-order valence-electron chi connectivity index (χ3n) is 5.80. The predicted octanol–water partition coefficient (Wildman–Crippen LogP) is 8.30. The minimum Gasteiger partial charge on any atom is -0.482 e. The molecule has 0 aromatic heterocycles. The average molecular weight is 439 g/mol. The fourth-order valence-corrected chi connectivity index (χ4v) is 3.93. The highest BCUT2D eigenvalue weighted by atomic mass is 16.6. The second kappa shape index (κ2) is 17.3. The number of aryl methyl sites for hydroxylation is 1. The molecule has 0 amide bonds. The molecule has 3 heteroatoms. The Balaban J connectivity index is 1.49. The summed E-state index contributed by atoms with van der Waals surface area (Å²) >= 11 is 0. The summed E-state index contributed by atoms with van der Waals surface area (Å²) in [5.41, 5.74) is 1.22. The molecule has 0 saturated carbocycles. The van der Waals surface area contributed by atoms with Crippen LogP contribution < -0.4 is 9.47 Å². The van der Waals surface area contributed by atoms with Crippen LogP contribution in [0.5, 0.6) is 11.5 Å². The number of ether oxygens (including phenoxy) is 2. The normalized spacial score (nSPS) is 10.8. The largest absolute Gasteiger partial charge is 0.482 e. The number of carbonyl (C=O) groups excluding carboxylic acids is 1. The molecule has 3 nitrogen and oxygen atoms in total. The molecule has 2 aromatic rings. The maximum atomic E-state index is 12.0. The average Bonchev–Trinajstić information content (AvgIpc) is 2.82. The highest BCUT2D eigenvalue weighted by Crippen LogP contribution is 2.17. The molecule has 0 atom stereocenters. The summed E-state index contributed by atoms with van der Waals surface area (Å²) < 4.78 is 10.9. The summed E-state index contributed by atoms with van der Waals surface area (Å²) in [4.78, 5) is 12.0. The van der Waals surface area contributed by atoms with Gasteiger partial charge >= 0.3 is 5.97 Å². The van der Waals surface area contributed by atoms with Gasteiger partial charge < -0.3 is 9.47 Å². The Morgan fingerprint density at radius 2 is 1.22 bits per heavy atom. The number of hydrogen-bond donors (Lipinski definition) is 0. The van der Waals surface area contributed by atoms with Crippen LogP contribution in [0.3, 0.4) is 0 Å². The summed E-state index contributed by atoms with van der Waals surface area (Å²) in [5, 5.41) is 0. The standard InChI is InChI=1S/C29H42O3/c1-2-3-4-5-6-7-8-9-10-11-12-13-15-19-26-20-18-23-28(24-26)32-29(30)25-31-27-21-16-14-17-22-27/h14,16-18,20-24H,2-13,15,19,25H2,1H3. The smallest absolute Gasteiger partial charge is 0.349 e. The maximum Gasteiger partial charge on any atom is 0.349 e. The third kappa shape index (κ3) is 12.5. The van der Waals surface area contributed by atoms with Crippen molar-refractivity contribution < 1.29 is 14.3 Å². The van der Waals surface area contributed by atoms with Crippen LogP contribution in [0.2, 0.25) is 0 Å². The lowest BCUT2D eigenvalue weighted by molar-refractivity contribution is -0.136. The van der Waals surface area contributed by atoms with E-state index in [9.17, 15) is 4.79 Å². The highest BCUT2D eigenvalue weighted by Gasteiger charge is 2.07. The molecule has 0 spiro atoms. The predicted molar refractivity (Wildman–Crippen MR) is 133 cm³/mol. The molecule has 0 aliphatic heterocycles. The number of carbonyl (C=O) groups is 1. The maximum absolute atomic E-state index is 12.0. The molecule has 0 bridgehead atoms. The number of unbranched alkanes of at least 4 members (excludes halogenated alkanes) is 12. The molecule has 0 N–H and O–H groups in total. The van der Waals surface area contributed by atoms with E-state index in [-0.39, 0.29) is 12.6 Å². The SMILES string of the molecule is CCCCCCCCCCCCCCCc1cccc(OC(=O)COc2ccccc2)c1. The van der Waals surface area contributed by atoms with Crippen LogP contribution in [0.4, 0.5) is 0 Å². The summed E-state index contributed by atoms with van der Waals surface area (Å²) in [6, 6.07) is 17.2. The number of rotatable bonds is 18. The van der Waals surface area contributed by atoms with E-state index in [1.54, 1.807) is 0 Å². The monoisotopic (exact) mass is 438 g/mol. The third-order valence-corrected chi connectivity index (χ3v) is 5.80. The zero-order valence-electron chi connectivity index (χ0n) is 20.0. The minimum absolute atomic E-state index is 0.0902. The van der Waals surface area contributed by atoms with Gasteiger partial charge in [-0.1, -0.05) is 114 Å². The Morgan fingerprint density at radius 3 is 1.84 bits per heavy atom. The topological polar surface area (TPSA) is 35.5 Å². The molecular weight excluding hydrogens is 396 g/mol. The molecular formula is C29H42O3. The van der Waals surface area contributed by atoms with E-state index in [4.69, 9.17) is 9.47 Å². The van der Waals surface area contributed by atoms with Gasteiger partial charge in [-0.25, -0.2) is 4.79 Å². The first-order valence-corrected chi connectivity index (χ1v) is 12.8. The van der Waals surface area contributed by atoms with Gasteiger partial charge in [0.1, 0.15) is 11.5 Å². The van der Waals surface area contributed by atoms with Crippen LogP contribution in [0.15, 0.2) is 54.6 Å². The van der Waals surface area contributed by atoms with E-state index in [1.807, 2.05) is 48.5 Å². The molecule has 2 rings (SSSR count). The highest BCUT2D eigenvalue weighted by molar-refractivity contribution is 5.74. The fraction of sp³-hybridized carbons (Fsp3) is 0.552. The van der Waals surface area contributed by atoms with Crippen molar-refractivity contribution in [3.05, 3.63) is 60.2 Å². The van der Waals surface area contributed by atoms with E-state index in [0.717, 1.165) is 6.42 Å². The van der Waals surface area contributed by atoms with Crippen LogP contribution in [-0.2, 0) is 11.2 Å². The minimum atomic E-state index is -0.382. The molecule has 0 aliphatic rings. The quantitative estimate of drug-likeness (QED) is 0.133. The summed E-state index contributed by atoms with van der Waals surface area (Å²) in [5.74, 6) is 0.881. The second-order valence-electron chi connectivity index (χ2n) is 8.72. The Morgan fingerprint density at radius 1 is 0.656 bits per heavy atom. The van der Waals surface area contributed by atoms with Crippen LogP contribution in [0.1, 0.15) is 96.0 Å². The van der Waals surface area contributed by atoms with E-state index >= 15 is 0 Å². The molecule has 0 radical (unpaired) electrons. The van der Waals surface area contributed by atoms with Gasteiger partial charge in [0, 0.05) is 0 Å². The van der Waals surface area contributed by atoms with Crippen molar-refractivity contribution in [2.45, 2.75) is 96.8 Å². The fourth-order valence-electron chi connectivity index (χ4n) is 3.93. The summed E-state index contributed by atoms with van der Waals surface area (Å²) in [6.45, 7) is 2.19. The van der Waals surface area contributed by atoms with Crippen LogP contribution in [0.25, 0.3) is 0 Å². The van der Waals surface area contributed by atoms with Gasteiger partial charge in [0.25, 0.3) is 0 Å². The zero-order chi connectivity index (χ0) is 22.7. The van der Waals surface area contributed by atoms with Crippen molar-refractivity contribution in [2.24, 2.45) is 0 Å². The second-order valence-corrected chi connectivity index (χ2v) is 8.72.